The van der Waals surface area contributed by atoms with Gasteiger partial charge < -0.3 is 19.3 Å². The normalized spacial score (nSPS) is 11.9. The molecule has 1 aromatic heterocycles. The van der Waals surface area contributed by atoms with E-state index in [2.05, 4.69) is 9.72 Å². The van der Waals surface area contributed by atoms with Crippen molar-refractivity contribution < 1.29 is 50.5 Å². The fraction of sp³-hybridized carbons (Fsp3) is 0.294. The van der Waals surface area contributed by atoms with Crippen LogP contribution >= 0.6 is 0 Å². The highest BCUT2D eigenvalue weighted by Crippen LogP contribution is 2.40. The van der Waals surface area contributed by atoms with Crippen molar-refractivity contribution in [2.75, 3.05) is 7.11 Å². The average Bonchev–Trinajstić information content (AvgIpc) is 2.60. The van der Waals surface area contributed by atoms with Crippen molar-refractivity contribution in [3.05, 3.63) is 41.2 Å². The smallest absolute Gasteiger partial charge is 0.493 e. The Labute approximate surface area is 159 Å². The van der Waals surface area contributed by atoms with E-state index in [9.17, 15) is 36.2 Å². The van der Waals surface area contributed by atoms with Crippen LogP contribution < -0.4 is 14.2 Å². The Hall–Kier alpha value is -3.18. The number of nitrogens with zero attached hydrogens (tertiary/aromatic N) is 1. The molecule has 0 atom stereocenters. The fourth-order valence-corrected chi connectivity index (χ4v) is 2.33. The predicted octanol–water partition coefficient (Wildman–Crippen LogP) is 5.06. The molecule has 29 heavy (non-hydrogen) atoms. The monoisotopic (exact) mass is 425 g/mol. The molecule has 0 aliphatic rings. The molecule has 2 aromatic rings. The molecule has 158 valence electrons. The third-order valence-electron chi connectivity index (χ3n) is 3.50. The first-order valence-corrected chi connectivity index (χ1v) is 7.81. The second kappa shape index (κ2) is 8.05. The maximum absolute atomic E-state index is 13.3. The Kier molecular flexibility index (Phi) is 6.14. The van der Waals surface area contributed by atoms with Crippen molar-refractivity contribution in [3.63, 3.8) is 0 Å². The highest BCUT2D eigenvalue weighted by atomic mass is 19.4. The van der Waals surface area contributed by atoms with Crippen LogP contribution in [0.1, 0.15) is 28.7 Å². The van der Waals surface area contributed by atoms with Gasteiger partial charge in [-0.3, -0.25) is 0 Å². The summed E-state index contributed by atoms with van der Waals surface area (Å²) >= 11 is 0. The number of methoxy groups -OCH3 is 1. The molecular formula is C17H13F6NO5. The summed E-state index contributed by atoms with van der Waals surface area (Å²) in [4.78, 5) is 14.9. The van der Waals surface area contributed by atoms with Gasteiger partial charge >= 0.3 is 18.5 Å². The molecule has 0 radical (unpaired) electrons. The van der Waals surface area contributed by atoms with Crippen LogP contribution in [0.4, 0.5) is 26.3 Å². The Morgan fingerprint density at radius 1 is 1.07 bits per heavy atom. The maximum atomic E-state index is 13.3. The summed E-state index contributed by atoms with van der Waals surface area (Å²) in [5, 5.41) is 9.26. The number of carboxylic acid groups (broad SMARTS) is 1. The first kappa shape index (κ1) is 22.1. The van der Waals surface area contributed by atoms with Crippen LogP contribution in [0.25, 0.3) is 0 Å². The number of benzene rings is 1. The largest absolute Gasteiger partial charge is 0.573 e. The van der Waals surface area contributed by atoms with E-state index in [1.54, 1.807) is 0 Å². The van der Waals surface area contributed by atoms with E-state index in [1.165, 1.54) is 6.92 Å². The molecule has 1 N–H and O–H groups in total. The van der Waals surface area contributed by atoms with Gasteiger partial charge in [-0.15, -0.1) is 13.2 Å². The zero-order chi connectivity index (χ0) is 22.0. The molecule has 12 heteroatoms. The summed E-state index contributed by atoms with van der Waals surface area (Å²) in [6.45, 7) is 1.37. The molecule has 2 rings (SSSR count). The lowest BCUT2D eigenvalue weighted by Crippen LogP contribution is -2.17. The Morgan fingerprint density at radius 2 is 1.72 bits per heavy atom. The van der Waals surface area contributed by atoms with Crippen molar-refractivity contribution in [2.24, 2.45) is 0 Å². The molecule has 1 aromatic carbocycles. The van der Waals surface area contributed by atoms with Crippen molar-refractivity contribution in [2.45, 2.75) is 25.9 Å². The van der Waals surface area contributed by atoms with Crippen LogP contribution in [0.15, 0.2) is 24.3 Å². The number of carboxylic acids is 1. The summed E-state index contributed by atoms with van der Waals surface area (Å²) in [5.74, 6) is -3.76. The minimum Gasteiger partial charge on any atom is -0.493 e. The van der Waals surface area contributed by atoms with Crippen LogP contribution in [0.3, 0.4) is 0 Å². The van der Waals surface area contributed by atoms with Crippen LogP contribution in [-0.4, -0.2) is 29.5 Å². The minimum absolute atomic E-state index is 0.192. The minimum atomic E-state index is -4.98. The van der Waals surface area contributed by atoms with Crippen molar-refractivity contribution in [1.29, 1.82) is 0 Å². The third kappa shape index (κ3) is 5.42. The maximum Gasteiger partial charge on any atom is 0.573 e. The number of aromatic nitrogens is 1. The molecular weight excluding hydrogens is 412 g/mol. The van der Waals surface area contributed by atoms with Gasteiger partial charge in [0.2, 0.25) is 0 Å². The van der Waals surface area contributed by atoms with E-state index in [-0.39, 0.29) is 17.9 Å². The molecule has 0 bridgehead atoms. The zero-order valence-corrected chi connectivity index (χ0v) is 14.8. The number of aromatic carboxylic acids is 1. The van der Waals surface area contributed by atoms with Gasteiger partial charge in [-0.05, 0) is 24.6 Å². The van der Waals surface area contributed by atoms with Crippen LogP contribution in [0.2, 0.25) is 0 Å². The second-order valence-corrected chi connectivity index (χ2v) is 5.45. The van der Waals surface area contributed by atoms with Gasteiger partial charge in [0, 0.05) is 6.07 Å². The highest BCUT2D eigenvalue weighted by molar-refractivity contribution is 5.89. The number of rotatable bonds is 6. The van der Waals surface area contributed by atoms with Crippen molar-refractivity contribution >= 4 is 5.97 Å². The van der Waals surface area contributed by atoms with Gasteiger partial charge in [0.15, 0.2) is 22.9 Å². The predicted molar refractivity (Wildman–Crippen MR) is 85.3 cm³/mol. The lowest BCUT2D eigenvalue weighted by molar-refractivity contribution is -0.274. The summed E-state index contributed by atoms with van der Waals surface area (Å²) < 4.78 is 90.5. The molecule has 0 saturated carbocycles. The standard InChI is InChI=1S/C17H13F6NO5/c1-3-10-9(16(18,19)20)7-13(14(24-10)15(25)26)28-11-5-4-8(6-12(11)27-2)29-17(21,22)23/h4-7H,3H2,1-2H3,(H,25,26). The van der Waals surface area contributed by atoms with Crippen LogP contribution in [0, 0.1) is 0 Å². The van der Waals surface area contributed by atoms with Crippen molar-refractivity contribution in [3.8, 4) is 23.0 Å². The number of pyridine rings is 1. The van der Waals surface area contributed by atoms with Gasteiger partial charge in [-0.25, -0.2) is 9.78 Å². The first-order valence-electron chi connectivity index (χ1n) is 7.81. The summed E-state index contributed by atoms with van der Waals surface area (Å²) in [7, 11) is 1.07. The van der Waals surface area contributed by atoms with E-state index in [0.29, 0.717) is 6.07 Å². The fourth-order valence-electron chi connectivity index (χ4n) is 2.33. The number of alkyl halides is 6. The molecule has 1 heterocycles. The molecule has 0 fully saturated rings. The molecule has 6 nitrogen and oxygen atoms in total. The Morgan fingerprint density at radius 3 is 2.21 bits per heavy atom. The van der Waals surface area contributed by atoms with E-state index >= 15 is 0 Å². The molecule has 0 amide bonds. The SMILES string of the molecule is CCc1nc(C(=O)O)c(Oc2ccc(OC(F)(F)F)cc2OC)cc1C(F)(F)F. The van der Waals surface area contributed by atoms with Gasteiger partial charge in [0.1, 0.15) is 5.75 Å². The van der Waals surface area contributed by atoms with Crippen LogP contribution in [-0.2, 0) is 12.6 Å². The van der Waals surface area contributed by atoms with E-state index in [4.69, 9.17) is 9.47 Å². The second-order valence-electron chi connectivity index (χ2n) is 5.45. The third-order valence-corrected chi connectivity index (χ3v) is 3.50. The number of hydrogen-bond donors (Lipinski definition) is 1. The van der Waals surface area contributed by atoms with Gasteiger partial charge in [-0.1, -0.05) is 6.92 Å². The summed E-state index contributed by atoms with van der Waals surface area (Å²) in [5.41, 5.74) is -2.49. The van der Waals surface area contributed by atoms with E-state index in [1.807, 2.05) is 0 Å². The molecule has 0 spiro atoms. The van der Waals surface area contributed by atoms with Crippen LogP contribution in [0.5, 0.6) is 23.0 Å². The Bertz CT molecular complexity index is 910. The number of aryl methyl sites for hydroxylation is 1. The lowest BCUT2D eigenvalue weighted by atomic mass is 10.1. The molecule has 0 aliphatic carbocycles. The quantitative estimate of drug-likeness (QED) is 0.652. The van der Waals surface area contributed by atoms with Crippen molar-refractivity contribution in [1.82, 2.24) is 4.98 Å². The number of halogens is 6. The average molecular weight is 425 g/mol. The molecule has 0 aliphatic heterocycles. The number of carbonyl (C=O) groups is 1. The van der Waals surface area contributed by atoms with Gasteiger partial charge in [0.05, 0.1) is 18.4 Å². The van der Waals surface area contributed by atoms with Gasteiger partial charge in [0.25, 0.3) is 0 Å². The Balaban J connectivity index is 2.53. The molecule has 0 unspecified atom stereocenters. The number of ether oxygens (including phenoxy) is 3. The topological polar surface area (TPSA) is 77.9 Å². The summed E-state index contributed by atoms with van der Waals surface area (Å²) in [6.07, 6.45) is -10.0. The highest BCUT2D eigenvalue weighted by Gasteiger charge is 2.36. The van der Waals surface area contributed by atoms with E-state index < -0.39 is 47.0 Å². The molecule has 0 saturated heterocycles. The van der Waals surface area contributed by atoms with Gasteiger partial charge in [-0.2, -0.15) is 13.2 Å². The summed E-state index contributed by atoms with van der Waals surface area (Å²) in [6, 6.07) is 2.99. The van der Waals surface area contributed by atoms with E-state index in [0.717, 1.165) is 25.3 Å². The number of hydrogen-bond acceptors (Lipinski definition) is 5. The zero-order valence-electron chi connectivity index (χ0n) is 14.8. The first-order chi connectivity index (χ1) is 13.4. The lowest BCUT2D eigenvalue weighted by Gasteiger charge is -2.17.